The van der Waals surface area contributed by atoms with Crippen molar-refractivity contribution in [3.8, 4) is 0 Å². The highest BCUT2D eigenvalue weighted by atomic mass is 19.1. The summed E-state index contributed by atoms with van der Waals surface area (Å²) in [4.78, 5) is 11.1. The summed E-state index contributed by atoms with van der Waals surface area (Å²) < 4.78 is 30.8. The highest BCUT2D eigenvalue weighted by Crippen LogP contribution is 2.17. The number of amides is 1. The number of halogens is 2. The van der Waals surface area contributed by atoms with E-state index < -0.39 is 23.8 Å². The predicted octanol–water partition coefficient (Wildman–Crippen LogP) is 1.74. The number of nitrogens with one attached hydrogen (secondary N) is 1. The number of benzene rings is 1. The Morgan fingerprint density at radius 1 is 1.53 bits per heavy atom. The molecule has 0 aliphatic rings. The monoisotopic (exact) mass is 245 g/mol. The number of carbonyl (C=O) groups excluding carboxylic acids is 1. The van der Waals surface area contributed by atoms with Gasteiger partial charge in [0.05, 0.1) is 12.6 Å². The van der Waals surface area contributed by atoms with Crippen LogP contribution in [-0.4, -0.2) is 24.4 Å². The lowest BCUT2D eigenvalue weighted by molar-refractivity contribution is 0.116. The Hall–Kier alpha value is -1.69. The van der Waals surface area contributed by atoms with Gasteiger partial charge in [-0.05, 0) is 25.1 Å². The molecule has 4 nitrogen and oxygen atoms in total. The quantitative estimate of drug-likeness (QED) is 0.849. The van der Waals surface area contributed by atoms with E-state index in [4.69, 9.17) is 5.11 Å². The first-order chi connectivity index (χ1) is 8.04. The average molecular weight is 245 g/mol. The van der Waals surface area contributed by atoms with E-state index in [-0.39, 0.29) is 18.8 Å². The third-order valence-electron chi connectivity index (χ3n) is 2.08. The van der Waals surface area contributed by atoms with Crippen LogP contribution in [0.15, 0.2) is 18.2 Å². The van der Waals surface area contributed by atoms with Gasteiger partial charge in [-0.25, -0.2) is 13.6 Å². The van der Waals surface area contributed by atoms with Crippen LogP contribution in [0.25, 0.3) is 0 Å². The van der Waals surface area contributed by atoms with Crippen LogP contribution in [0.1, 0.15) is 18.5 Å². The summed E-state index contributed by atoms with van der Waals surface area (Å²) in [5, 5.41) is 10.8. The van der Waals surface area contributed by atoms with Crippen LogP contribution < -0.4 is 5.32 Å². The molecule has 1 aromatic carbocycles. The highest BCUT2D eigenvalue weighted by Gasteiger charge is 2.14. The lowest BCUT2D eigenvalue weighted by Gasteiger charge is -2.14. The SMILES string of the molecule is CC(NC(=O)OCCO)c1cc(F)ccc1F. The van der Waals surface area contributed by atoms with Crippen molar-refractivity contribution in [1.82, 2.24) is 5.32 Å². The number of aliphatic hydroxyl groups excluding tert-OH is 1. The molecule has 0 saturated heterocycles. The second-order valence-electron chi connectivity index (χ2n) is 3.39. The first-order valence-electron chi connectivity index (χ1n) is 5.03. The van der Waals surface area contributed by atoms with E-state index in [0.29, 0.717) is 0 Å². The standard InChI is InChI=1S/C11H13F2NO3/c1-7(14-11(16)17-5-4-15)9-6-8(12)2-3-10(9)13/h2-3,6-7,15H,4-5H2,1H3,(H,14,16). The Bertz CT molecular complexity index is 398. The summed E-state index contributed by atoms with van der Waals surface area (Å²) in [6, 6.07) is 2.26. The minimum absolute atomic E-state index is 0.0333. The van der Waals surface area contributed by atoms with Crippen molar-refractivity contribution in [1.29, 1.82) is 0 Å². The van der Waals surface area contributed by atoms with Gasteiger partial charge in [0.2, 0.25) is 0 Å². The normalized spacial score (nSPS) is 12.0. The van der Waals surface area contributed by atoms with Crippen molar-refractivity contribution in [2.45, 2.75) is 13.0 Å². The van der Waals surface area contributed by atoms with Crippen LogP contribution in [0.5, 0.6) is 0 Å². The number of carbonyl (C=O) groups is 1. The summed E-state index contributed by atoms with van der Waals surface area (Å²) in [5.41, 5.74) is 0.0333. The number of hydrogen-bond donors (Lipinski definition) is 2. The van der Waals surface area contributed by atoms with Gasteiger partial charge in [-0.2, -0.15) is 0 Å². The molecule has 17 heavy (non-hydrogen) atoms. The lowest BCUT2D eigenvalue weighted by atomic mass is 10.1. The molecule has 1 amide bonds. The van der Waals surface area contributed by atoms with E-state index in [1.54, 1.807) is 0 Å². The largest absolute Gasteiger partial charge is 0.447 e. The van der Waals surface area contributed by atoms with Gasteiger partial charge in [0, 0.05) is 5.56 Å². The molecule has 1 rings (SSSR count). The van der Waals surface area contributed by atoms with Crippen molar-refractivity contribution in [2.24, 2.45) is 0 Å². The number of rotatable bonds is 4. The molecular formula is C11H13F2NO3. The molecule has 0 heterocycles. The summed E-state index contributed by atoms with van der Waals surface area (Å²) in [6.07, 6.45) is -0.796. The molecule has 0 aliphatic heterocycles. The molecule has 0 spiro atoms. The fourth-order valence-electron chi connectivity index (χ4n) is 1.28. The van der Waals surface area contributed by atoms with Gasteiger partial charge in [-0.1, -0.05) is 0 Å². The smallest absolute Gasteiger partial charge is 0.407 e. The maximum atomic E-state index is 13.3. The van der Waals surface area contributed by atoms with Gasteiger partial charge in [-0.3, -0.25) is 0 Å². The third kappa shape index (κ3) is 3.99. The van der Waals surface area contributed by atoms with E-state index in [1.165, 1.54) is 6.92 Å². The molecule has 6 heteroatoms. The van der Waals surface area contributed by atoms with Crippen molar-refractivity contribution < 1.29 is 23.4 Å². The lowest BCUT2D eigenvalue weighted by Crippen LogP contribution is -2.28. The van der Waals surface area contributed by atoms with Crippen molar-refractivity contribution >= 4 is 6.09 Å². The average Bonchev–Trinajstić information content (AvgIpc) is 2.29. The fourth-order valence-corrected chi connectivity index (χ4v) is 1.28. The number of ether oxygens (including phenoxy) is 1. The van der Waals surface area contributed by atoms with E-state index >= 15 is 0 Å². The minimum atomic E-state index is -0.796. The molecule has 0 radical (unpaired) electrons. The maximum absolute atomic E-state index is 13.3. The Morgan fingerprint density at radius 2 is 2.24 bits per heavy atom. The molecule has 2 N–H and O–H groups in total. The van der Waals surface area contributed by atoms with Gasteiger partial charge in [0.15, 0.2) is 0 Å². The van der Waals surface area contributed by atoms with Gasteiger partial charge >= 0.3 is 6.09 Å². The van der Waals surface area contributed by atoms with Gasteiger partial charge < -0.3 is 15.2 Å². The zero-order valence-electron chi connectivity index (χ0n) is 9.24. The maximum Gasteiger partial charge on any atom is 0.407 e. The fraction of sp³-hybridized carbons (Fsp3) is 0.364. The second-order valence-corrected chi connectivity index (χ2v) is 3.39. The third-order valence-corrected chi connectivity index (χ3v) is 2.08. The van der Waals surface area contributed by atoms with Crippen LogP contribution in [0.2, 0.25) is 0 Å². The Kier molecular flexibility index (Phi) is 4.84. The first-order valence-corrected chi connectivity index (χ1v) is 5.03. The summed E-state index contributed by atoms with van der Waals surface area (Å²) in [6.45, 7) is 1.05. The van der Waals surface area contributed by atoms with Gasteiger partial charge in [-0.15, -0.1) is 0 Å². The molecular weight excluding hydrogens is 232 g/mol. The first kappa shape index (κ1) is 13.4. The Morgan fingerprint density at radius 3 is 2.88 bits per heavy atom. The summed E-state index contributed by atoms with van der Waals surface area (Å²) in [5.74, 6) is -1.19. The molecule has 0 saturated carbocycles. The van der Waals surface area contributed by atoms with Crippen LogP contribution in [-0.2, 0) is 4.74 Å². The van der Waals surface area contributed by atoms with Crippen LogP contribution >= 0.6 is 0 Å². The van der Waals surface area contributed by atoms with E-state index in [9.17, 15) is 13.6 Å². The summed E-state index contributed by atoms with van der Waals surface area (Å²) in [7, 11) is 0. The van der Waals surface area contributed by atoms with Crippen LogP contribution in [0.3, 0.4) is 0 Å². The molecule has 1 aromatic rings. The zero-order valence-corrected chi connectivity index (χ0v) is 9.24. The summed E-state index contributed by atoms with van der Waals surface area (Å²) >= 11 is 0. The second kappa shape index (κ2) is 6.15. The Labute approximate surface area is 97.2 Å². The topological polar surface area (TPSA) is 58.6 Å². The number of aliphatic hydroxyl groups is 1. The van der Waals surface area contributed by atoms with Gasteiger partial charge in [0.1, 0.15) is 18.2 Å². The van der Waals surface area contributed by atoms with Crippen LogP contribution in [0, 0.1) is 11.6 Å². The number of alkyl carbamates (subject to hydrolysis) is 1. The van der Waals surface area contributed by atoms with Gasteiger partial charge in [0.25, 0.3) is 0 Å². The molecule has 1 unspecified atom stereocenters. The van der Waals surface area contributed by atoms with Crippen molar-refractivity contribution in [2.75, 3.05) is 13.2 Å². The molecule has 0 fully saturated rings. The van der Waals surface area contributed by atoms with Crippen LogP contribution in [0.4, 0.5) is 13.6 Å². The predicted molar refractivity (Wildman–Crippen MR) is 56.3 cm³/mol. The molecule has 1 atom stereocenters. The van der Waals surface area contributed by atoms with E-state index in [2.05, 4.69) is 10.1 Å². The molecule has 0 bridgehead atoms. The van der Waals surface area contributed by atoms with E-state index in [0.717, 1.165) is 18.2 Å². The highest BCUT2D eigenvalue weighted by molar-refractivity contribution is 5.67. The van der Waals surface area contributed by atoms with Crippen molar-refractivity contribution in [3.05, 3.63) is 35.4 Å². The minimum Gasteiger partial charge on any atom is -0.447 e. The number of hydrogen-bond acceptors (Lipinski definition) is 3. The van der Waals surface area contributed by atoms with Crippen molar-refractivity contribution in [3.63, 3.8) is 0 Å². The molecule has 0 aromatic heterocycles. The van der Waals surface area contributed by atoms with E-state index in [1.807, 2.05) is 0 Å². The molecule has 94 valence electrons. The zero-order chi connectivity index (χ0) is 12.8. The molecule has 0 aliphatic carbocycles. The Balaban J connectivity index is 2.66.